The fourth-order valence-electron chi connectivity index (χ4n) is 2.10. The summed E-state index contributed by atoms with van der Waals surface area (Å²) >= 11 is 0. The molecule has 1 aliphatic heterocycles. The zero-order valence-electron chi connectivity index (χ0n) is 12.3. The predicted octanol–water partition coefficient (Wildman–Crippen LogP) is 0.853. The molecule has 1 amide bonds. The zero-order chi connectivity index (χ0) is 15.9. The normalized spacial score (nSPS) is 17.0. The van der Waals surface area contributed by atoms with E-state index in [1.807, 2.05) is 0 Å². The smallest absolute Gasteiger partial charge is 0.342 e. The summed E-state index contributed by atoms with van der Waals surface area (Å²) in [4.78, 5) is 23.4. The first kappa shape index (κ1) is 16.1. The van der Waals surface area contributed by atoms with E-state index in [0.29, 0.717) is 18.9 Å². The molecule has 0 saturated carbocycles. The maximum atomic E-state index is 11.8. The first-order valence-corrected chi connectivity index (χ1v) is 7.02. The van der Waals surface area contributed by atoms with Gasteiger partial charge in [0, 0.05) is 19.2 Å². The topological polar surface area (TPSA) is 94.1 Å². The molecule has 1 aliphatic rings. The van der Waals surface area contributed by atoms with Crippen molar-refractivity contribution in [2.24, 2.45) is 0 Å². The Bertz CT molecular complexity index is 539. The van der Waals surface area contributed by atoms with E-state index < -0.39 is 18.5 Å². The summed E-state index contributed by atoms with van der Waals surface area (Å²) in [6.45, 7) is 0.716. The van der Waals surface area contributed by atoms with Crippen molar-refractivity contribution in [2.45, 2.75) is 18.9 Å². The summed E-state index contributed by atoms with van der Waals surface area (Å²) < 4.78 is 15.2. The third-order valence-corrected chi connectivity index (χ3v) is 3.31. The monoisotopic (exact) mass is 309 g/mol. The molecule has 120 valence electrons. The van der Waals surface area contributed by atoms with Crippen LogP contribution in [0.3, 0.4) is 0 Å². The molecular formula is C15H19NO6. The van der Waals surface area contributed by atoms with Crippen molar-refractivity contribution in [3.63, 3.8) is 0 Å². The maximum Gasteiger partial charge on any atom is 0.342 e. The Balaban J connectivity index is 1.78. The molecular weight excluding hydrogens is 290 g/mol. The van der Waals surface area contributed by atoms with E-state index in [-0.39, 0.29) is 17.4 Å². The van der Waals surface area contributed by atoms with Gasteiger partial charge in [-0.05, 0) is 25.0 Å². The van der Waals surface area contributed by atoms with Crippen LogP contribution in [-0.4, -0.2) is 50.0 Å². The van der Waals surface area contributed by atoms with Crippen LogP contribution in [0.2, 0.25) is 0 Å². The highest BCUT2D eigenvalue weighted by atomic mass is 16.5. The van der Waals surface area contributed by atoms with Gasteiger partial charge < -0.3 is 24.6 Å². The third-order valence-electron chi connectivity index (χ3n) is 3.31. The number of phenolic OH excluding ortho intramolecular Hbond substituents is 1. The number of phenols is 1. The summed E-state index contributed by atoms with van der Waals surface area (Å²) in [5.74, 6) is -1.02. The maximum absolute atomic E-state index is 11.8. The number of methoxy groups -OCH3 is 1. The summed E-state index contributed by atoms with van der Waals surface area (Å²) in [5, 5.41) is 12.3. The van der Waals surface area contributed by atoms with Crippen molar-refractivity contribution in [1.82, 2.24) is 5.32 Å². The summed E-state index contributed by atoms with van der Waals surface area (Å²) in [6, 6.07) is 4.20. The Labute approximate surface area is 128 Å². The molecule has 1 aromatic rings. The molecule has 0 aromatic heterocycles. The number of nitrogens with one attached hydrogen (secondary N) is 1. The number of hydrogen-bond acceptors (Lipinski definition) is 6. The van der Waals surface area contributed by atoms with E-state index >= 15 is 0 Å². The number of esters is 1. The lowest BCUT2D eigenvalue weighted by molar-refractivity contribution is -0.124. The Morgan fingerprint density at radius 1 is 1.45 bits per heavy atom. The molecule has 1 unspecified atom stereocenters. The highest BCUT2D eigenvalue weighted by Gasteiger charge is 2.18. The second-order valence-electron chi connectivity index (χ2n) is 4.90. The van der Waals surface area contributed by atoms with Crippen molar-refractivity contribution in [1.29, 1.82) is 0 Å². The van der Waals surface area contributed by atoms with Crippen molar-refractivity contribution in [3.8, 4) is 11.5 Å². The molecule has 7 nitrogen and oxygen atoms in total. The molecule has 1 atom stereocenters. The Morgan fingerprint density at radius 2 is 2.27 bits per heavy atom. The molecule has 0 aliphatic carbocycles. The van der Waals surface area contributed by atoms with Gasteiger partial charge in [0.15, 0.2) is 6.61 Å². The first-order chi connectivity index (χ1) is 10.6. The van der Waals surface area contributed by atoms with E-state index in [4.69, 9.17) is 14.2 Å². The SMILES string of the molecule is COc1ccc(C(=O)OCC(=O)NCC2CCCO2)c(O)c1. The van der Waals surface area contributed by atoms with Gasteiger partial charge in [-0.2, -0.15) is 0 Å². The standard InChI is InChI=1S/C15H19NO6/c1-20-10-4-5-12(13(17)7-10)15(19)22-9-14(18)16-8-11-3-2-6-21-11/h4-5,7,11,17H,2-3,6,8-9H2,1H3,(H,16,18). The van der Waals surface area contributed by atoms with Gasteiger partial charge in [0.25, 0.3) is 5.91 Å². The van der Waals surface area contributed by atoms with Crippen molar-refractivity contribution in [3.05, 3.63) is 23.8 Å². The fraction of sp³-hybridized carbons (Fsp3) is 0.467. The second kappa shape index (κ2) is 7.65. The third kappa shape index (κ3) is 4.36. The van der Waals surface area contributed by atoms with E-state index in [0.717, 1.165) is 12.8 Å². The number of aromatic hydroxyl groups is 1. The van der Waals surface area contributed by atoms with E-state index in [1.165, 1.54) is 25.3 Å². The van der Waals surface area contributed by atoms with Crippen LogP contribution in [0, 0.1) is 0 Å². The van der Waals surface area contributed by atoms with Crippen LogP contribution in [0.25, 0.3) is 0 Å². The predicted molar refractivity (Wildman–Crippen MR) is 76.9 cm³/mol. The van der Waals surface area contributed by atoms with Gasteiger partial charge in [-0.15, -0.1) is 0 Å². The molecule has 22 heavy (non-hydrogen) atoms. The number of ether oxygens (including phenoxy) is 3. The summed E-state index contributed by atoms with van der Waals surface area (Å²) in [7, 11) is 1.45. The van der Waals surface area contributed by atoms with Crippen molar-refractivity contribution in [2.75, 3.05) is 26.9 Å². The first-order valence-electron chi connectivity index (χ1n) is 7.02. The number of amides is 1. The lowest BCUT2D eigenvalue weighted by Gasteiger charge is -2.11. The molecule has 1 fully saturated rings. The van der Waals surface area contributed by atoms with Gasteiger partial charge in [0.2, 0.25) is 0 Å². The van der Waals surface area contributed by atoms with Crippen LogP contribution in [0.4, 0.5) is 0 Å². The number of rotatable bonds is 6. The Hall–Kier alpha value is -2.28. The average molecular weight is 309 g/mol. The van der Waals surface area contributed by atoms with Gasteiger partial charge in [-0.25, -0.2) is 4.79 Å². The Kier molecular flexibility index (Phi) is 5.60. The fourth-order valence-corrected chi connectivity index (χ4v) is 2.10. The van der Waals surface area contributed by atoms with Crippen LogP contribution < -0.4 is 10.1 Å². The lowest BCUT2D eigenvalue weighted by Crippen LogP contribution is -2.34. The number of hydrogen-bond donors (Lipinski definition) is 2. The molecule has 7 heteroatoms. The van der Waals surface area contributed by atoms with Crippen LogP contribution in [0.1, 0.15) is 23.2 Å². The van der Waals surface area contributed by atoms with Crippen LogP contribution in [-0.2, 0) is 14.3 Å². The van der Waals surface area contributed by atoms with Crippen LogP contribution >= 0.6 is 0 Å². The highest BCUT2D eigenvalue weighted by Crippen LogP contribution is 2.23. The number of carbonyl (C=O) groups excluding carboxylic acids is 2. The molecule has 1 heterocycles. The molecule has 0 spiro atoms. The molecule has 2 rings (SSSR count). The lowest BCUT2D eigenvalue weighted by atomic mass is 10.2. The minimum Gasteiger partial charge on any atom is -0.507 e. The van der Waals surface area contributed by atoms with Gasteiger partial charge in [0.1, 0.15) is 17.1 Å². The second-order valence-corrected chi connectivity index (χ2v) is 4.90. The van der Waals surface area contributed by atoms with Gasteiger partial charge >= 0.3 is 5.97 Å². The van der Waals surface area contributed by atoms with Crippen molar-refractivity contribution < 1.29 is 28.9 Å². The number of benzene rings is 1. The highest BCUT2D eigenvalue weighted by molar-refractivity contribution is 5.94. The van der Waals surface area contributed by atoms with Crippen molar-refractivity contribution >= 4 is 11.9 Å². The summed E-state index contributed by atoms with van der Waals surface area (Å²) in [5.41, 5.74) is -0.0206. The zero-order valence-corrected chi connectivity index (χ0v) is 12.3. The molecule has 1 saturated heterocycles. The van der Waals surface area contributed by atoms with E-state index in [2.05, 4.69) is 5.32 Å². The van der Waals surface area contributed by atoms with E-state index in [9.17, 15) is 14.7 Å². The molecule has 0 bridgehead atoms. The van der Waals surface area contributed by atoms with Gasteiger partial charge in [-0.3, -0.25) is 4.79 Å². The molecule has 1 aromatic carbocycles. The van der Waals surface area contributed by atoms with Gasteiger partial charge in [-0.1, -0.05) is 0 Å². The van der Waals surface area contributed by atoms with E-state index in [1.54, 1.807) is 0 Å². The molecule has 0 radical (unpaired) electrons. The average Bonchev–Trinajstić information content (AvgIpc) is 3.03. The van der Waals surface area contributed by atoms with Crippen LogP contribution in [0.15, 0.2) is 18.2 Å². The Morgan fingerprint density at radius 3 is 2.91 bits per heavy atom. The minimum atomic E-state index is -0.771. The number of carbonyl (C=O) groups is 2. The molecule has 2 N–H and O–H groups in total. The summed E-state index contributed by atoms with van der Waals surface area (Å²) in [6.07, 6.45) is 1.94. The van der Waals surface area contributed by atoms with Gasteiger partial charge in [0.05, 0.1) is 13.2 Å². The van der Waals surface area contributed by atoms with Crippen LogP contribution in [0.5, 0.6) is 11.5 Å². The largest absolute Gasteiger partial charge is 0.507 e. The quantitative estimate of drug-likeness (QED) is 0.757. The minimum absolute atomic E-state index is 0.0206.